The van der Waals surface area contributed by atoms with E-state index in [4.69, 9.17) is 16.1 Å². The van der Waals surface area contributed by atoms with E-state index in [-0.39, 0.29) is 11.8 Å². The molecule has 0 bridgehead atoms. The fourth-order valence-corrected chi connectivity index (χ4v) is 3.76. The maximum Gasteiger partial charge on any atom is 0.253 e. The van der Waals surface area contributed by atoms with Crippen LogP contribution in [0.25, 0.3) is 11.4 Å². The van der Waals surface area contributed by atoms with Crippen molar-refractivity contribution in [1.82, 2.24) is 15.0 Å². The van der Waals surface area contributed by atoms with Gasteiger partial charge in [0.2, 0.25) is 11.7 Å². The normalized spacial score (nSPS) is 16.9. The van der Waals surface area contributed by atoms with Gasteiger partial charge >= 0.3 is 0 Å². The zero-order valence-corrected chi connectivity index (χ0v) is 16.5. The SMILES string of the molecule is CCc1ccc(C(=O)N2CCC[C@@H](c3nc(-c4cccc(Cl)c4)no3)C2)cc1. The van der Waals surface area contributed by atoms with Crippen molar-refractivity contribution in [2.45, 2.75) is 32.1 Å². The molecule has 0 N–H and O–H groups in total. The van der Waals surface area contributed by atoms with Gasteiger partial charge in [0.25, 0.3) is 5.91 Å². The molecule has 1 aliphatic rings. The Kier molecular flexibility index (Phi) is 5.44. The minimum atomic E-state index is 0.0491. The average Bonchev–Trinajstić information content (AvgIpc) is 3.24. The van der Waals surface area contributed by atoms with Crippen molar-refractivity contribution in [3.05, 3.63) is 70.6 Å². The van der Waals surface area contributed by atoms with Gasteiger partial charge in [-0.3, -0.25) is 4.79 Å². The highest BCUT2D eigenvalue weighted by Gasteiger charge is 2.29. The van der Waals surface area contributed by atoms with Gasteiger partial charge in [-0.05, 0) is 49.1 Å². The summed E-state index contributed by atoms with van der Waals surface area (Å²) in [5, 5.41) is 4.73. The topological polar surface area (TPSA) is 59.2 Å². The first-order chi connectivity index (χ1) is 13.6. The Morgan fingerprint density at radius 1 is 1.25 bits per heavy atom. The van der Waals surface area contributed by atoms with Gasteiger partial charge < -0.3 is 9.42 Å². The molecule has 1 amide bonds. The summed E-state index contributed by atoms with van der Waals surface area (Å²) in [4.78, 5) is 19.3. The number of carbonyl (C=O) groups excluding carboxylic acids is 1. The van der Waals surface area contributed by atoms with Crippen molar-refractivity contribution in [2.75, 3.05) is 13.1 Å². The Morgan fingerprint density at radius 3 is 2.82 bits per heavy atom. The molecule has 6 heteroatoms. The molecule has 144 valence electrons. The summed E-state index contributed by atoms with van der Waals surface area (Å²) in [7, 11) is 0. The van der Waals surface area contributed by atoms with Crippen LogP contribution in [0.2, 0.25) is 5.02 Å². The van der Waals surface area contributed by atoms with Crippen LogP contribution in [0.1, 0.15) is 47.5 Å². The van der Waals surface area contributed by atoms with Crippen LogP contribution in [0.4, 0.5) is 0 Å². The van der Waals surface area contributed by atoms with Crippen LogP contribution in [0.3, 0.4) is 0 Å². The van der Waals surface area contributed by atoms with Crippen LogP contribution in [0.15, 0.2) is 53.1 Å². The summed E-state index contributed by atoms with van der Waals surface area (Å²) < 4.78 is 5.52. The molecule has 0 spiro atoms. The molecule has 1 aromatic heterocycles. The molecular weight excluding hydrogens is 374 g/mol. The van der Waals surface area contributed by atoms with Crippen molar-refractivity contribution in [2.24, 2.45) is 0 Å². The molecule has 28 heavy (non-hydrogen) atoms. The number of hydrogen-bond acceptors (Lipinski definition) is 4. The van der Waals surface area contributed by atoms with E-state index in [2.05, 4.69) is 17.1 Å². The van der Waals surface area contributed by atoms with Gasteiger partial charge in [0, 0.05) is 29.2 Å². The minimum absolute atomic E-state index is 0.0491. The number of benzene rings is 2. The van der Waals surface area contributed by atoms with Crippen LogP contribution >= 0.6 is 11.6 Å². The molecule has 5 nitrogen and oxygen atoms in total. The van der Waals surface area contributed by atoms with Gasteiger partial charge in [-0.25, -0.2) is 0 Å². The number of hydrogen-bond donors (Lipinski definition) is 0. The molecule has 0 saturated carbocycles. The molecule has 0 aliphatic carbocycles. The Balaban J connectivity index is 1.48. The first-order valence-corrected chi connectivity index (χ1v) is 9.99. The maximum absolute atomic E-state index is 12.9. The van der Waals surface area contributed by atoms with E-state index in [1.165, 1.54) is 5.56 Å². The van der Waals surface area contributed by atoms with Gasteiger partial charge in [0.05, 0.1) is 5.92 Å². The lowest BCUT2D eigenvalue weighted by Crippen LogP contribution is -2.39. The molecular formula is C22H22ClN3O2. The molecule has 2 heterocycles. The van der Waals surface area contributed by atoms with Gasteiger partial charge in [-0.1, -0.05) is 47.9 Å². The summed E-state index contributed by atoms with van der Waals surface area (Å²) >= 11 is 6.05. The first kappa shape index (κ1) is 18.7. The molecule has 4 rings (SSSR count). The fourth-order valence-electron chi connectivity index (χ4n) is 3.57. The number of carbonyl (C=O) groups is 1. The number of aryl methyl sites for hydroxylation is 1. The van der Waals surface area contributed by atoms with E-state index >= 15 is 0 Å². The third kappa shape index (κ3) is 3.94. The number of halogens is 1. The van der Waals surface area contributed by atoms with Crippen LogP contribution in [-0.2, 0) is 6.42 Å². The van der Waals surface area contributed by atoms with E-state index < -0.39 is 0 Å². The highest BCUT2D eigenvalue weighted by Crippen LogP contribution is 2.29. The maximum atomic E-state index is 12.9. The third-order valence-corrected chi connectivity index (χ3v) is 5.43. The second kappa shape index (κ2) is 8.15. The van der Waals surface area contributed by atoms with Crippen LogP contribution in [0, 0.1) is 0 Å². The zero-order valence-electron chi connectivity index (χ0n) is 15.8. The second-order valence-electron chi connectivity index (χ2n) is 7.11. The smallest absolute Gasteiger partial charge is 0.253 e. The van der Waals surface area contributed by atoms with Crippen molar-refractivity contribution < 1.29 is 9.32 Å². The summed E-state index contributed by atoms with van der Waals surface area (Å²) in [6.45, 7) is 3.44. The Labute approximate surface area is 169 Å². The molecule has 0 radical (unpaired) electrons. The van der Waals surface area contributed by atoms with Crippen molar-refractivity contribution in [1.29, 1.82) is 0 Å². The summed E-state index contributed by atoms with van der Waals surface area (Å²) in [6.07, 6.45) is 2.81. The molecule has 1 atom stereocenters. The lowest BCUT2D eigenvalue weighted by Gasteiger charge is -2.31. The van der Waals surface area contributed by atoms with Crippen molar-refractivity contribution in [3.8, 4) is 11.4 Å². The minimum Gasteiger partial charge on any atom is -0.339 e. The number of amides is 1. The summed E-state index contributed by atoms with van der Waals surface area (Å²) in [5.74, 6) is 1.21. The lowest BCUT2D eigenvalue weighted by atomic mass is 9.97. The molecule has 0 unspecified atom stereocenters. The number of piperidine rings is 1. The molecule has 1 saturated heterocycles. The number of aromatic nitrogens is 2. The predicted molar refractivity (Wildman–Crippen MR) is 108 cm³/mol. The largest absolute Gasteiger partial charge is 0.339 e. The standard InChI is InChI=1S/C22H22ClN3O2/c1-2-15-8-10-16(11-9-15)22(27)26-12-4-6-18(14-26)21-24-20(25-28-21)17-5-3-7-19(23)13-17/h3,5,7-11,13,18H,2,4,6,12,14H2,1H3/t18-/m1/s1. The number of rotatable bonds is 4. The molecule has 1 fully saturated rings. The Hall–Kier alpha value is -2.66. The zero-order chi connectivity index (χ0) is 19.5. The van der Waals surface area contributed by atoms with Crippen molar-refractivity contribution >= 4 is 17.5 Å². The van der Waals surface area contributed by atoms with E-state index in [0.717, 1.165) is 36.9 Å². The van der Waals surface area contributed by atoms with Crippen LogP contribution < -0.4 is 0 Å². The second-order valence-corrected chi connectivity index (χ2v) is 7.54. The third-order valence-electron chi connectivity index (χ3n) is 5.19. The number of nitrogens with zero attached hydrogens (tertiary/aromatic N) is 3. The lowest BCUT2D eigenvalue weighted by molar-refractivity contribution is 0.0695. The van der Waals surface area contributed by atoms with Gasteiger partial charge in [-0.2, -0.15) is 4.98 Å². The monoisotopic (exact) mass is 395 g/mol. The quantitative estimate of drug-likeness (QED) is 0.625. The molecule has 2 aromatic carbocycles. The van der Waals surface area contributed by atoms with E-state index in [9.17, 15) is 4.79 Å². The fraction of sp³-hybridized carbons (Fsp3) is 0.318. The predicted octanol–water partition coefficient (Wildman–Crippen LogP) is 4.97. The van der Waals surface area contributed by atoms with E-state index in [1.54, 1.807) is 0 Å². The summed E-state index contributed by atoms with van der Waals surface area (Å²) in [5.41, 5.74) is 2.78. The molecule has 3 aromatic rings. The van der Waals surface area contributed by atoms with Crippen LogP contribution in [0.5, 0.6) is 0 Å². The highest BCUT2D eigenvalue weighted by molar-refractivity contribution is 6.30. The van der Waals surface area contributed by atoms with Gasteiger partial charge in [0.15, 0.2) is 0 Å². The Bertz CT molecular complexity index is 968. The van der Waals surface area contributed by atoms with Crippen LogP contribution in [-0.4, -0.2) is 34.0 Å². The summed E-state index contributed by atoms with van der Waals surface area (Å²) in [6, 6.07) is 15.2. The number of likely N-dealkylation sites (tertiary alicyclic amines) is 1. The molecule has 1 aliphatic heterocycles. The highest BCUT2D eigenvalue weighted by atomic mass is 35.5. The average molecular weight is 396 g/mol. The van der Waals surface area contributed by atoms with E-state index in [0.29, 0.717) is 23.3 Å². The van der Waals surface area contributed by atoms with E-state index in [1.807, 2.05) is 53.4 Å². The Morgan fingerprint density at radius 2 is 2.07 bits per heavy atom. The van der Waals surface area contributed by atoms with Crippen molar-refractivity contribution in [3.63, 3.8) is 0 Å². The van der Waals surface area contributed by atoms with Gasteiger partial charge in [-0.15, -0.1) is 0 Å². The van der Waals surface area contributed by atoms with Gasteiger partial charge in [0.1, 0.15) is 0 Å². The first-order valence-electron chi connectivity index (χ1n) is 9.62.